The van der Waals surface area contributed by atoms with Gasteiger partial charge in [0.2, 0.25) is 0 Å². The number of hydrogen-bond donors (Lipinski definition) is 7. The van der Waals surface area contributed by atoms with Crippen molar-refractivity contribution < 1.29 is 203 Å². The first-order chi connectivity index (χ1) is 32.4. The van der Waals surface area contributed by atoms with Gasteiger partial charge in [-0.05, 0) is 72.1 Å². The standard InChI is InChI=1S/C6H14O3.C6H12O3.2C5H10O2.C5H8O2.C4H8O2.C4H6O2.C4H6O.C4H8.3C2H6.2CH4O.CH4.4CH3.3Au.Mo.4H2O/c2*1-5(4-8-2)6(7)9-3;1-5(3-6)4-7-2;2*1-4(2)5(6)7-3;2*1-3(2)4(5)6;1-4(2)3-5;1-4(2)3;5*1-2;;;;;;;;;;;;;/h5-7H,4H2,1-3H3;5H,4H2,1-3H3;3,5H,4H2,1-2H3;5-6H,1H2,2-3H3;1H2,2-3H3;4-6H,1H2,2H3;1H2,2H3,(H,5,6);3H,1H2,2H3;1H2,2-3H3;3*1-2H3;2*2H,1H3;1H4;4*1H3;;;;;4*1H2/q;;;;;;;;;;;;;;;4*-1;3*+1;;;;;. The van der Waals surface area contributed by atoms with Crippen LogP contribution in [0.15, 0.2) is 72.9 Å². The molecule has 0 fully saturated rings. The Hall–Kier alpha value is -1.50. The molecule has 0 radical (unpaired) electrons. The predicted molar refractivity (Wildman–Crippen MR) is 333 cm³/mol. The Morgan fingerprint density at radius 3 is 0.855 bits per heavy atom. The predicted octanol–water partition coefficient (Wildman–Crippen LogP) is 6.69. The van der Waals surface area contributed by atoms with Crippen LogP contribution in [-0.2, 0) is 145 Å². The zero-order chi connectivity index (χ0) is 60.1. The number of ether oxygens (including phenoxy) is 7. The molecule has 83 heavy (non-hydrogen) atoms. The molecule has 0 aliphatic rings. The molecule has 0 aliphatic heterocycles. The van der Waals surface area contributed by atoms with Gasteiger partial charge in [-0.2, -0.15) is 0 Å². The third kappa shape index (κ3) is 262. The van der Waals surface area contributed by atoms with Gasteiger partial charge in [-0.1, -0.05) is 101 Å². The number of carbonyl (C=O) groups is 5. The van der Waals surface area contributed by atoms with E-state index in [1.54, 1.807) is 55.9 Å². The van der Waals surface area contributed by atoms with Crippen LogP contribution in [0, 0.1) is 47.5 Å². The molecule has 0 aromatic heterocycles. The number of carbonyl (C=O) groups excluding carboxylic acids is 4. The van der Waals surface area contributed by atoms with E-state index in [4.69, 9.17) is 45.2 Å². The molecule has 0 aliphatic carbocycles. The number of carboxylic acid groups (broad SMARTS) is 1. The summed E-state index contributed by atoms with van der Waals surface area (Å²) in [6.45, 7) is 50.9. The first-order valence-corrected chi connectivity index (χ1v) is 21.7. The van der Waals surface area contributed by atoms with Gasteiger partial charge in [0.05, 0.1) is 40.0 Å². The van der Waals surface area contributed by atoms with Crippen molar-refractivity contribution in [2.45, 2.75) is 137 Å². The van der Waals surface area contributed by atoms with Crippen LogP contribution in [0.2, 0.25) is 0 Å². The zero-order valence-corrected chi connectivity index (χ0v) is 64.3. The van der Waals surface area contributed by atoms with Crippen LogP contribution in [-0.4, -0.2) is 191 Å². The van der Waals surface area contributed by atoms with E-state index in [1.165, 1.54) is 40.9 Å². The number of esters is 2. The molecule has 534 valence electrons. The second kappa shape index (κ2) is 165. The monoisotopic (exact) mass is 1860 g/mol. The Morgan fingerprint density at radius 2 is 0.771 bits per heavy atom. The summed E-state index contributed by atoms with van der Waals surface area (Å²) in [6, 6.07) is 0. The number of hydrogen-bond acceptors (Lipinski definition) is 18. The Balaban J connectivity index is -0.0000000164. The maximum absolute atomic E-state index is 10.6. The van der Waals surface area contributed by atoms with Crippen LogP contribution >= 0.6 is 0 Å². The normalized spacial score (nSPS) is 8.48. The quantitative estimate of drug-likeness (QED) is 0.0161. The minimum Gasteiger partial charge on any atom is -0.478 e. The van der Waals surface area contributed by atoms with Gasteiger partial charge in [-0.3, -0.25) is 9.59 Å². The Morgan fingerprint density at radius 1 is 0.518 bits per heavy atom. The molecule has 0 rings (SSSR count). The maximum Gasteiger partial charge on any atom is 1.00 e. The average molecular weight is 1860 g/mol. The Labute approximate surface area is 570 Å². The van der Waals surface area contributed by atoms with Crippen LogP contribution < -0.4 is 0 Å². The van der Waals surface area contributed by atoms with Crippen molar-refractivity contribution in [2.24, 2.45) is 17.8 Å². The van der Waals surface area contributed by atoms with Gasteiger partial charge in [-0.25, -0.2) is 9.59 Å². The summed E-state index contributed by atoms with van der Waals surface area (Å²) in [6.07, 6.45) is -1.24. The summed E-state index contributed by atoms with van der Waals surface area (Å²) < 4.78 is 32.0. The number of methoxy groups -OCH3 is 7. The van der Waals surface area contributed by atoms with Gasteiger partial charge in [0.1, 0.15) is 12.6 Å². The van der Waals surface area contributed by atoms with Crippen molar-refractivity contribution >= 4 is 30.5 Å². The fraction of sp³-hybridized carbons (Fsp3) is 0.625. The number of carboxylic acids is 1. The molecule has 5 unspecified atom stereocenters. The second-order valence-corrected chi connectivity index (χ2v) is 12.7. The van der Waals surface area contributed by atoms with Crippen molar-refractivity contribution in [3.63, 3.8) is 0 Å². The summed E-state index contributed by atoms with van der Waals surface area (Å²) in [7, 11) is 12.3. The minimum atomic E-state index is -1.34. The van der Waals surface area contributed by atoms with Gasteiger partial charge < -0.3 is 125 Å². The molecule has 15 N–H and O–H groups in total. The smallest absolute Gasteiger partial charge is 0.478 e. The van der Waals surface area contributed by atoms with Gasteiger partial charge in [0, 0.05) is 93.8 Å². The molecule has 0 saturated heterocycles. The first kappa shape index (κ1) is 178. The summed E-state index contributed by atoms with van der Waals surface area (Å²) in [5.74, 6) is -1.57. The van der Waals surface area contributed by atoms with E-state index in [2.05, 4.69) is 63.2 Å². The summed E-state index contributed by atoms with van der Waals surface area (Å²) in [5, 5.41) is 55.6. The van der Waals surface area contributed by atoms with Crippen LogP contribution in [0.25, 0.3) is 0 Å². The summed E-state index contributed by atoms with van der Waals surface area (Å²) >= 11 is 0. The number of aliphatic hydroxyl groups excluding tert-OH is 5. The third-order valence-corrected chi connectivity index (χ3v) is 5.03. The molecule has 0 heterocycles. The van der Waals surface area contributed by atoms with Gasteiger partial charge in [0.15, 0.2) is 18.9 Å². The Bertz CT molecular complexity index is 1170. The minimum absolute atomic E-state index is 0. The van der Waals surface area contributed by atoms with Crippen LogP contribution in [0.5, 0.6) is 0 Å². The van der Waals surface area contributed by atoms with Gasteiger partial charge in [-0.15, -0.1) is 6.58 Å². The molecule has 27 heteroatoms. The Kier molecular flexibility index (Phi) is 354. The molecule has 0 amide bonds. The van der Waals surface area contributed by atoms with Crippen LogP contribution in [0.1, 0.15) is 118 Å². The maximum atomic E-state index is 10.6. The van der Waals surface area contributed by atoms with Crippen molar-refractivity contribution in [3.8, 4) is 0 Å². The fourth-order valence-corrected chi connectivity index (χ4v) is 1.77. The molecule has 23 nitrogen and oxygen atoms in total. The van der Waals surface area contributed by atoms with Crippen molar-refractivity contribution in [3.05, 3.63) is 103 Å². The van der Waals surface area contributed by atoms with E-state index in [0.717, 1.165) is 26.8 Å². The van der Waals surface area contributed by atoms with E-state index < -0.39 is 24.8 Å². The zero-order valence-electron chi connectivity index (χ0n) is 55.8. The number of aliphatic carboxylic acids is 1. The number of aldehydes is 2. The second-order valence-electron chi connectivity index (χ2n) is 12.7. The van der Waals surface area contributed by atoms with E-state index in [-0.39, 0.29) is 183 Å². The summed E-state index contributed by atoms with van der Waals surface area (Å²) in [5.41, 5.74) is 3.35. The van der Waals surface area contributed by atoms with E-state index in [9.17, 15) is 24.0 Å². The molecule has 0 aromatic carbocycles. The van der Waals surface area contributed by atoms with E-state index in [0.29, 0.717) is 42.1 Å². The molecular formula is C56H132Au3MoO23-. The topological polar surface area (TPSA) is 418 Å². The summed E-state index contributed by atoms with van der Waals surface area (Å²) in [4.78, 5) is 49.6. The SMILES string of the molecule is C.C=C(C)C.C=C(C)C(=O)O.C=C(C)C(=O)OC.C=C(C)C(O)O.C=C(C)C(O)OC.C=C(C)C=O.CC.CC.CC.CO.CO.COCC(C)C(=O)OC.COCC(C)C(O)OC.COCC(C)C=O.O.O.O.O.[Au+].[Au+].[Au+].[CH3-].[CH3-].[CH3-].[CH3-].[Mo]. The van der Waals surface area contributed by atoms with Crippen molar-refractivity contribution in [1.29, 1.82) is 0 Å². The molecule has 0 saturated carbocycles. The van der Waals surface area contributed by atoms with Gasteiger partial charge >= 0.3 is 85.0 Å². The molecule has 0 aromatic rings. The largest absolute Gasteiger partial charge is 1.00 e. The van der Waals surface area contributed by atoms with E-state index in [1.807, 2.05) is 69.2 Å². The average Bonchev–Trinajstić information content (AvgIpc) is 3.34. The third-order valence-electron chi connectivity index (χ3n) is 5.03. The van der Waals surface area contributed by atoms with Crippen LogP contribution in [0.4, 0.5) is 0 Å². The molecule has 0 bridgehead atoms. The van der Waals surface area contributed by atoms with Gasteiger partial charge in [0.25, 0.3) is 0 Å². The van der Waals surface area contributed by atoms with Crippen molar-refractivity contribution in [1.82, 2.24) is 0 Å². The first-order valence-electron chi connectivity index (χ1n) is 21.7. The van der Waals surface area contributed by atoms with E-state index >= 15 is 0 Å². The number of allylic oxidation sites excluding steroid dienone is 2. The number of rotatable bonds is 16. The van der Waals surface area contributed by atoms with Crippen LogP contribution in [0.3, 0.4) is 0 Å². The molecular weight excluding hydrogens is 1730 g/mol. The fourth-order valence-electron chi connectivity index (χ4n) is 1.77. The van der Waals surface area contributed by atoms with Crippen molar-refractivity contribution in [2.75, 3.05) is 83.8 Å². The number of aliphatic hydroxyl groups is 6. The molecule has 0 spiro atoms. The molecule has 5 atom stereocenters.